The summed E-state index contributed by atoms with van der Waals surface area (Å²) in [6, 6.07) is 22.6. The summed E-state index contributed by atoms with van der Waals surface area (Å²) in [4.78, 5) is 0. The van der Waals surface area contributed by atoms with Crippen molar-refractivity contribution >= 4 is 10.8 Å². The highest BCUT2D eigenvalue weighted by atomic mass is 14.2. The number of fused-ring (bicyclic) bond motifs is 1. The Morgan fingerprint density at radius 3 is 2.09 bits per heavy atom. The third-order valence-electron chi connectivity index (χ3n) is 7.47. The Balaban J connectivity index is 1.34. The van der Waals surface area contributed by atoms with Crippen molar-refractivity contribution in [3.05, 3.63) is 82.9 Å². The summed E-state index contributed by atoms with van der Waals surface area (Å²) < 4.78 is 0. The molecule has 0 atom stereocenters. The van der Waals surface area contributed by atoms with Crippen molar-refractivity contribution in [2.45, 2.75) is 90.4 Å². The fraction of sp³-hybridized carbons (Fsp3) is 0.455. The van der Waals surface area contributed by atoms with Crippen LogP contribution in [-0.4, -0.2) is 0 Å². The number of rotatable bonds is 8. The molecule has 0 aromatic heterocycles. The van der Waals surface area contributed by atoms with Crippen molar-refractivity contribution in [1.29, 1.82) is 0 Å². The fourth-order valence-corrected chi connectivity index (χ4v) is 5.21. The van der Waals surface area contributed by atoms with Crippen LogP contribution in [-0.2, 0) is 6.42 Å². The normalized spacial score (nSPS) is 18.1. The molecule has 0 aliphatic heterocycles. The van der Waals surface area contributed by atoms with Gasteiger partial charge in [0.1, 0.15) is 0 Å². The van der Waals surface area contributed by atoms with Crippen LogP contribution in [0, 0.1) is 17.8 Å². The molecule has 1 aliphatic rings. The van der Waals surface area contributed by atoms with E-state index in [2.05, 4.69) is 86.4 Å². The van der Waals surface area contributed by atoms with E-state index in [0.717, 1.165) is 23.0 Å². The van der Waals surface area contributed by atoms with Gasteiger partial charge in [0.15, 0.2) is 0 Å². The molecule has 0 unspecified atom stereocenters. The minimum Gasteiger partial charge on any atom is -0.0654 e. The second-order valence-electron chi connectivity index (χ2n) is 10.2. The Kier molecular flexibility index (Phi) is 8.65. The molecule has 4 rings (SSSR count). The Morgan fingerprint density at radius 1 is 0.667 bits per heavy atom. The average molecular weight is 437 g/mol. The van der Waals surface area contributed by atoms with Gasteiger partial charge in [0.05, 0.1) is 0 Å². The summed E-state index contributed by atoms with van der Waals surface area (Å²) in [7, 11) is 0. The lowest BCUT2D eigenvalue weighted by atomic mass is 9.79. The lowest BCUT2D eigenvalue weighted by molar-refractivity contribution is 0.348. The van der Waals surface area contributed by atoms with Crippen LogP contribution < -0.4 is 0 Å². The molecule has 0 amide bonds. The zero-order chi connectivity index (χ0) is 22.9. The Bertz CT molecular complexity index is 1070. The van der Waals surface area contributed by atoms with E-state index < -0.39 is 0 Å². The van der Waals surface area contributed by atoms with E-state index in [-0.39, 0.29) is 0 Å². The first-order chi connectivity index (χ1) is 16.2. The van der Waals surface area contributed by atoms with Gasteiger partial charge in [-0.2, -0.15) is 0 Å². The highest BCUT2D eigenvalue weighted by molar-refractivity contribution is 5.84. The fourth-order valence-electron chi connectivity index (χ4n) is 5.21. The molecule has 0 saturated heterocycles. The molecule has 33 heavy (non-hydrogen) atoms. The summed E-state index contributed by atoms with van der Waals surface area (Å²) in [6.45, 7) is 4.67. The molecule has 0 bridgehead atoms. The van der Waals surface area contributed by atoms with Crippen LogP contribution in [0.25, 0.3) is 10.8 Å². The molecule has 0 nitrogen and oxygen atoms in total. The molecule has 3 aromatic rings. The molecule has 3 aromatic carbocycles. The molecule has 172 valence electrons. The van der Waals surface area contributed by atoms with E-state index >= 15 is 0 Å². The quantitative estimate of drug-likeness (QED) is 0.244. The van der Waals surface area contributed by atoms with E-state index in [9.17, 15) is 0 Å². The maximum absolute atomic E-state index is 3.38. The van der Waals surface area contributed by atoms with Crippen molar-refractivity contribution < 1.29 is 0 Å². The van der Waals surface area contributed by atoms with Crippen molar-refractivity contribution in [2.24, 2.45) is 5.92 Å². The average Bonchev–Trinajstić information content (AvgIpc) is 2.85. The van der Waals surface area contributed by atoms with Gasteiger partial charge in [-0.1, -0.05) is 107 Å². The van der Waals surface area contributed by atoms with Gasteiger partial charge in [0.2, 0.25) is 0 Å². The molecule has 0 radical (unpaired) electrons. The van der Waals surface area contributed by atoms with Gasteiger partial charge in [-0.05, 0) is 83.7 Å². The predicted octanol–water partition coefficient (Wildman–Crippen LogP) is 9.44. The summed E-state index contributed by atoms with van der Waals surface area (Å²) in [5.74, 6) is 8.40. The van der Waals surface area contributed by atoms with Crippen LogP contribution in [0.5, 0.6) is 0 Å². The number of hydrogen-bond acceptors (Lipinski definition) is 0. The smallest absolute Gasteiger partial charge is 0.0255 e. The molecule has 1 fully saturated rings. The number of aryl methyl sites for hydroxylation is 1. The molecule has 0 heterocycles. The van der Waals surface area contributed by atoms with Crippen LogP contribution in [0.2, 0.25) is 0 Å². The SMILES string of the molecule is CCCCCCCCc1ccc2cc(C#Cc3ccc(C4CCC(C)CC4)cc3)ccc2c1. The molecule has 1 aliphatic carbocycles. The van der Waals surface area contributed by atoms with E-state index in [1.54, 1.807) is 0 Å². The van der Waals surface area contributed by atoms with Gasteiger partial charge in [0.25, 0.3) is 0 Å². The summed E-state index contributed by atoms with van der Waals surface area (Å²) in [6.07, 6.45) is 14.7. The van der Waals surface area contributed by atoms with E-state index in [1.807, 2.05) is 0 Å². The van der Waals surface area contributed by atoms with Crippen LogP contribution >= 0.6 is 0 Å². The molecular formula is C33H40. The van der Waals surface area contributed by atoms with Crippen LogP contribution in [0.4, 0.5) is 0 Å². The number of hydrogen-bond donors (Lipinski definition) is 0. The molecule has 0 heteroatoms. The van der Waals surface area contributed by atoms with Crippen molar-refractivity contribution in [1.82, 2.24) is 0 Å². The van der Waals surface area contributed by atoms with Gasteiger partial charge in [-0.25, -0.2) is 0 Å². The van der Waals surface area contributed by atoms with Crippen LogP contribution in [0.3, 0.4) is 0 Å². The first-order valence-corrected chi connectivity index (χ1v) is 13.4. The second-order valence-corrected chi connectivity index (χ2v) is 10.2. The minimum atomic E-state index is 0.745. The zero-order valence-corrected chi connectivity index (χ0v) is 20.7. The maximum atomic E-state index is 3.38. The Morgan fingerprint density at radius 2 is 1.30 bits per heavy atom. The van der Waals surface area contributed by atoms with Gasteiger partial charge in [-0.15, -0.1) is 0 Å². The number of unbranched alkanes of at least 4 members (excludes halogenated alkanes) is 5. The monoisotopic (exact) mass is 436 g/mol. The first-order valence-electron chi connectivity index (χ1n) is 13.4. The number of benzene rings is 3. The molecule has 0 spiro atoms. The second kappa shape index (κ2) is 12.1. The van der Waals surface area contributed by atoms with E-state index in [1.165, 1.54) is 92.5 Å². The Labute approximate surface area is 201 Å². The topological polar surface area (TPSA) is 0 Å². The van der Waals surface area contributed by atoms with E-state index in [0.29, 0.717) is 0 Å². The van der Waals surface area contributed by atoms with Crippen molar-refractivity contribution in [3.63, 3.8) is 0 Å². The van der Waals surface area contributed by atoms with E-state index in [4.69, 9.17) is 0 Å². The largest absolute Gasteiger partial charge is 0.0654 e. The highest BCUT2D eigenvalue weighted by Gasteiger charge is 2.19. The molecule has 0 N–H and O–H groups in total. The summed E-state index contributed by atoms with van der Waals surface area (Å²) in [5.41, 5.74) is 5.16. The third-order valence-corrected chi connectivity index (χ3v) is 7.47. The highest BCUT2D eigenvalue weighted by Crippen LogP contribution is 2.35. The lowest BCUT2D eigenvalue weighted by Crippen LogP contribution is -2.10. The van der Waals surface area contributed by atoms with Gasteiger partial charge in [0, 0.05) is 11.1 Å². The zero-order valence-electron chi connectivity index (χ0n) is 20.7. The Hall–Kier alpha value is -2.52. The van der Waals surface area contributed by atoms with Gasteiger partial charge >= 0.3 is 0 Å². The molecular weight excluding hydrogens is 396 g/mol. The van der Waals surface area contributed by atoms with Crippen LogP contribution in [0.1, 0.15) is 106 Å². The first kappa shape index (κ1) is 23.6. The minimum absolute atomic E-state index is 0.745. The predicted molar refractivity (Wildman–Crippen MR) is 144 cm³/mol. The molecule has 1 saturated carbocycles. The van der Waals surface area contributed by atoms with Gasteiger partial charge < -0.3 is 0 Å². The third kappa shape index (κ3) is 6.98. The lowest BCUT2D eigenvalue weighted by Gasteiger charge is -2.26. The van der Waals surface area contributed by atoms with Gasteiger partial charge in [-0.3, -0.25) is 0 Å². The summed E-state index contributed by atoms with van der Waals surface area (Å²) in [5, 5.41) is 2.62. The maximum Gasteiger partial charge on any atom is 0.0255 e. The standard InChI is InChI=1S/C33H40/c1-3-4-5-6-7-8-9-28-16-22-33-25-29(17-23-32(33)24-28)13-12-27-14-20-31(21-15-27)30-18-10-26(2)11-19-30/h14-17,20-26,30H,3-11,18-19H2,1-2H3. The van der Waals surface area contributed by atoms with Crippen molar-refractivity contribution in [2.75, 3.05) is 0 Å². The summed E-state index contributed by atoms with van der Waals surface area (Å²) >= 11 is 0. The van der Waals surface area contributed by atoms with Crippen LogP contribution in [0.15, 0.2) is 60.7 Å². The van der Waals surface area contributed by atoms with Crippen molar-refractivity contribution in [3.8, 4) is 11.8 Å².